The first kappa shape index (κ1) is 20.1. The molecule has 3 amide bonds. The van der Waals surface area contributed by atoms with Crippen molar-refractivity contribution in [2.75, 3.05) is 6.54 Å². The Morgan fingerprint density at radius 3 is 2.57 bits per heavy atom. The molecule has 1 aliphatic heterocycles. The summed E-state index contributed by atoms with van der Waals surface area (Å²) in [5, 5.41) is 3.28. The van der Waals surface area contributed by atoms with Crippen molar-refractivity contribution < 1.29 is 23.5 Å². The predicted molar refractivity (Wildman–Crippen MR) is 104 cm³/mol. The first-order valence-corrected chi connectivity index (χ1v) is 9.61. The molecule has 0 spiro atoms. The number of ether oxygens (including phenoxy) is 1. The van der Waals surface area contributed by atoms with Gasteiger partial charge in [0, 0.05) is 21.5 Å². The number of carbonyl (C=O) groups is 3. The van der Waals surface area contributed by atoms with E-state index in [1.807, 2.05) is 0 Å². The molecule has 0 atom stereocenters. The molecule has 1 aliphatic rings. The van der Waals surface area contributed by atoms with Crippen LogP contribution in [0.5, 0.6) is 0 Å². The Morgan fingerprint density at radius 2 is 1.93 bits per heavy atom. The number of rotatable bonds is 6. The third-order valence-corrected chi connectivity index (χ3v) is 5.41. The summed E-state index contributed by atoms with van der Waals surface area (Å²) in [5.41, 5.74) is -0.709. The highest BCUT2D eigenvalue weighted by molar-refractivity contribution is 9.10. The molecule has 8 nitrogen and oxygen atoms in total. The number of hydrogen-bond donors (Lipinski definition) is 1. The maximum Gasteiger partial charge on any atom is 0.336 e. The van der Waals surface area contributed by atoms with Crippen LogP contribution in [0.15, 0.2) is 37.9 Å². The molecule has 28 heavy (non-hydrogen) atoms. The number of nitrogens with one attached hydrogen (secondary N) is 1. The van der Waals surface area contributed by atoms with Crippen LogP contribution in [0, 0.1) is 0 Å². The second-order valence-corrected chi connectivity index (χ2v) is 7.42. The molecule has 1 fully saturated rings. The highest BCUT2D eigenvalue weighted by atomic mass is 79.9. The number of imide groups is 1. The second-order valence-electron chi connectivity index (χ2n) is 6.50. The zero-order valence-corrected chi connectivity index (χ0v) is 17.0. The molecule has 2 heterocycles. The molecule has 148 valence electrons. The summed E-state index contributed by atoms with van der Waals surface area (Å²) in [5.74, 6) is -1.18. The van der Waals surface area contributed by atoms with Gasteiger partial charge in [-0.2, -0.15) is 0 Å². The van der Waals surface area contributed by atoms with E-state index in [2.05, 4.69) is 21.2 Å². The number of urea groups is 1. The van der Waals surface area contributed by atoms with Crippen LogP contribution in [0.4, 0.5) is 4.79 Å². The molecule has 2 aromatic rings. The molecule has 0 unspecified atom stereocenters. The van der Waals surface area contributed by atoms with Crippen molar-refractivity contribution in [3.8, 4) is 0 Å². The fraction of sp³-hybridized carbons (Fsp3) is 0.368. The summed E-state index contributed by atoms with van der Waals surface area (Å²) >= 11 is 3.30. The van der Waals surface area contributed by atoms with E-state index >= 15 is 0 Å². The highest BCUT2D eigenvalue weighted by Gasteiger charge is 2.49. The number of fused-ring (bicyclic) bond motifs is 1. The van der Waals surface area contributed by atoms with E-state index in [4.69, 9.17) is 9.15 Å². The smallest absolute Gasteiger partial charge is 0.336 e. The van der Waals surface area contributed by atoms with Gasteiger partial charge >= 0.3 is 17.6 Å². The lowest BCUT2D eigenvalue weighted by Gasteiger charge is -2.22. The Morgan fingerprint density at radius 1 is 1.21 bits per heavy atom. The van der Waals surface area contributed by atoms with Gasteiger partial charge in [-0.15, -0.1) is 0 Å². The molecule has 9 heteroatoms. The average Bonchev–Trinajstić information content (AvgIpc) is 2.90. The summed E-state index contributed by atoms with van der Waals surface area (Å²) in [4.78, 5) is 49.5. The van der Waals surface area contributed by atoms with Crippen LogP contribution in [-0.4, -0.2) is 34.9 Å². The zero-order valence-electron chi connectivity index (χ0n) is 15.4. The van der Waals surface area contributed by atoms with Gasteiger partial charge in [0.15, 0.2) is 0 Å². The standard InChI is InChI=1S/C19H19BrN2O6/c1-3-19(4-2)17(25)22(18(26)21-19)9-16(24)27-10-11-7-15(23)28-14-8-12(20)5-6-13(11)14/h5-8H,3-4,9-10H2,1-2H3,(H,21,26). The van der Waals surface area contributed by atoms with Gasteiger partial charge in [-0.1, -0.05) is 29.8 Å². The SMILES string of the molecule is CCC1(CC)NC(=O)N(CC(=O)OCc2cc(=O)oc3cc(Br)ccc23)C1=O. The van der Waals surface area contributed by atoms with Crippen molar-refractivity contribution in [1.82, 2.24) is 10.2 Å². The maximum atomic E-state index is 12.5. The lowest BCUT2D eigenvalue weighted by Crippen LogP contribution is -2.46. The molecule has 1 aromatic heterocycles. The second kappa shape index (κ2) is 7.75. The molecule has 0 radical (unpaired) electrons. The molecule has 1 saturated heterocycles. The van der Waals surface area contributed by atoms with Gasteiger partial charge in [0.05, 0.1) is 0 Å². The number of halogens is 1. The van der Waals surface area contributed by atoms with Crippen LogP contribution in [0.2, 0.25) is 0 Å². The van der Waals surface area contributed by atoms with Crippen LogP contribution in [0.1, 0.15) is 32.3 Å². The molecular weight excluding hydrogens is 432 g/mol. The van der Waals surface area contributed by atoms with Crippen LogP contribution in [-0.2, 0) is 20.9 Å². The van der Waals surface area contributed by atoms with Gasteiger partial charge < -0.3 is 14.5 Å². The van der Waals surface area contributed by atoms with E-state index in [0.29, 0.717) is 29.4 Å². The zero-order chi connectivity index (χ0) is 20.5. The largest absolute Gasteiger partial charge is 0.459 e. The summed E-state index contributed by atoms with van der Waals surface area (Å²) < 4.78 is 11.1. The van der Waals surface area contributed by atoms with Gasteiger partial charge in [0.1, 0.15) is 24.3 Å². The molecule has 3 rings (SSSR count). The first-order chi connectivity index (χ1) is 13.3. The molecule has 0 saturated carbocycles. The topological polar surface area (TPSA) is 106 Å². The Kier molecular flexibility index (Phi) is 5.55. The minimum Gasteiger partial charge on any atom is -0.459 e. The summed E-state index contributed by atoms with van der Waals surface area (Å²) in [6.45, 7) is 2.93. The van der Waals surface area contributed by atoms with Crippen molar-refractivity contribution in [2.45, 2.75) is 38.8 Å². The maximum absolute atomic E-state index is 12.5. The van der Waals surface area contributed by atoms with E-state index in [1.165, 1.54) is 6.07 Å². The van der Waals surface area contributed by atoms with E-state index < -0.39 is 35.6 Å². The lowest BCUT2D eigenvalue weighted by atomic mass is 9.93. The number of nitrogens with zero attached hydrogens (tertiary/aromatic N) is 1. The summed E-state index contributed by atoms with van der Waals surface area (Å²) in [6, 6.07) is 5.79. The summed E-state index contributed by atoms with van der Waals surface area (Å²) in [6.07, 6.45) is 0.863. The number of benzene rings is 1. The summed E-state index contributed by atoms with van der Waals surface area (Å²) in [7, 11) is 0. The predicted octanol–water partition coefficient (Wildman–Crippen LogP) is 2.71. The van der Waals surface area contributed by atoms with Gasteiger partial charge in [0.25, 0.3) is 5.91 Å². The van der Waals surface area contributed by atoms with Gasteiger partial charge in [-0.3, -0.25) is 14.5 Å². The highest BCUT2D eigenvalue weighted by Crippen LogP contribution is 2.25. The normalized spacial score (nSPS) is 15.8. The Hall–Kier alpha value is -2.68. The third kappa shape index (κ3) is 3.66. The number of hydrogen-bond acceptors (Lipinski definition) is 6. The molecule has 1 N–H and O–H groups in total. The van der Waals surface area contributed by atoms with Gasteiger partial charge in [-0.05, 0) is 31.0 Å². The molecule has 1 aromatic carbocycles. The Bertz CT molecular complexity index is 1010. The van der Waals surface area contributed by atoms with Gasteiger partial charge in [-0.25, -0.2) is 9.59 Å². The van der Waals surface area contributed by atoms with Crippen LogP contribution < -0.4 is 10.9 Å². The van der Waals surface area contributed by atoms with Crippen LogP contribution in [0.3, 0.4) is 0 Å². The lowest BCUT2D eigenvalue weighted by molar-refractivity contribution is -0.148. The third-order valence-electron chi connectivity index (χ3n) is 4.92. The number of carbonyl (C=O) groups excluding carboxylic acids is 3. The van der Waals surface area contributed by atoms with Crippen molar-refractivity contribution in [3.05, 3.63) is 44.7 Å². The van der Waals surface area contributed by atoms with E-state index in [9.17, 15) is 19.2 Å². The van der Waals surface area contributed by atoms with Crippen molar-refractivity contribution >= 4 is 44.8 Å². The van der Waals surface area contributed by atoms with Gasteiger partial charge in [0.2, 0.25) is 0 Å². The minimum atomic E-state index is -0.973. The fourth-order valence-electron chi connectivity index (χ4n) is 3.21. The number of amides is 3. The van der Waals surface area contributed by atoms with Crippen molar-refractivity contribution in [3.63, 3.8) is 0 Å². The van der Waals surface area contributed by atoms with E-state index in [-0.39, 0.29) is 6.61 Å². The van der Waals surface area contributed by atoms with Crippen LogP contribution in [0.25, 0.3) is 11.0 Å². The molecule has 0 aliphatic carbocycles. The molecule has 0 bridgehead atoms. The van der Waals surface area contributed by atoms with Crippen molar-refractivity contribution in [2.24, 2.45) is 0 Å². The average molecular weight is 451 g/mol. The Labute approximate surface area is 168 Å². The Balaban J connectivity index is 1.72. The quantitative estimate of drug-likeness (QED) is 0.411. The van der Waals surface area contributed by atoms with Crippen LogP contribution >= 0.6 is 15.9 Å². The monoisotopic (exact) mass is 450 g/mol. The first-order valence-electron chi connectivity index (χ1n) is 8.81. The van der Waals surface area contributed by atoms with E-state index in [0.717, 1.165) is 9.37 Å². The number of esters is 1. The minimum absolute atomic E-state index is 0.182. The molecular formula is C19H19BrN2O6. The van der Waals surface area contributed by atoms with E-state index in [1.54, 1.807) is 32.0 Å². The fourth-order valence-corrected chi connectivity index (χ4v) is 3.55. The van der Waals surface area contributed by atoms with Crippen molar-refractivity contribution in [1.29, 1.82) is 0 Å².